The van der Waals surface area contributed by atoms with Gasteiger partial charge < -0.3 is 14.3 Å². The van der Waals surface area contributed by atoms with Crippen molar-refractivity contribution < 1.29 is 23.9 Å². The van der Waals surface area contributed by atoms with Crippen LogP contribution in [-0.4, -0.2) is 61.2 Å². The fourth-order valence-electron chi connectivity index (χ4n) is 5.77. The van der Waals surface area contributed by atoms with E-state index in [4.69, 9.17) is 21.4 Å². The van der Waals surface area contributed by atoms with Gasteiger partial charge in [0, 0.05) is 12.3 Å². The van der Waals surface area contributed by atoms with Crippen molar-refractivity contribution in [1.29, 1.82) is 0 Å². The number of alkyl halides is 1. The molecule has 0 aromatic heterocycles. The zero-order chi connectivity index (χ0) is 33.9. The summed E-state index contributed by atoms with van der Waals surface area (Å²) >= 11 is 5.64. The molecule has 0 bridgehead atoms. The molecule has 46 heavy (non-hydrogen) atoms. The number of ether oxygens (including phenoxy) is 1. The number of likely N-dealkylation sites (N-methyl/N-ethyl adjacent to an activating group) is 1. The summed E-state index contributed by atoms with van der Waals surface area (Å²) in [6.07, 6.45) is 36.1. The largest absolute Gasteiger partial charge is 0.481 e. The third kappa shape index (κ3) is 45.6. The number of carbonyl (C=O) groups excluding carboxylic acids is 1. The lowest BCUT2D eigenvalue weighted by molar-refractivity contribution is -0.873. The van der Waals surface area contributed by atoms with Crippen LogP contribution >= 0.6 is 24.0 Å². The molecule has 0 radical (unpaired) electrons. The minimum Gasteiger partial charge on any atom is -0.481 e. The van der Waals surface area contributed by atoms with Crippen molar-refractivity contribution in [2.45, 2.75) is 206 Å². The summed E-state index contributed by atoms with van der Waals surface area (Å²) in [5, 5.41) is 8.99. The molecule has 0 saturated heterocycles. The summed E-state index contributed by atoms with van der Waals surface area (Å²) < 4.78 is 5.98. The van der Waals surface area contributed by atoms with Crippen molar-refractivity contribution in [3.8, 4) is 0 Å². The Morgan fingerprint density at radius 1 is 0.565 bits per heavy atom. The van der Waals surface area contributed by atoms with E-state index in [1.54, 1.807) is 0 Å². The van der Waals surface area contributed by atoms with E-state index in [1.165, 1.54) is 161 Å². The highest BCUT2D eigenvalue weighted by Gasteiger charge is 2.24. The van der Waals surface area contributed by atoms with Gasteiger partial charge >= 0.3 is 11.9 Å². The van der Waals surface area contributed by atoms with Gasteiger partial charge in [0.15, 0.2) is 6.10 Å². The molecule has 0 aliphatic rings. The van der Waals surface area contributed by atoms with Gasteiger partial charge in [0.25, 0.3) is 0 Å². The maximum atomic E-state index is 12.0. The zero-order valence-electron chi connectivity index (χ0n) is 31.4. The zero-order valence-corrected chi connectivity index (χ0v) is 33.0. The molecule has 0 aliphatic heterocycles. The predicted molar refractivity (Wildman–Crippen MR) is 204 cm³/mol. The number of carboxylic acid groups (broad SMARTS) is 1. The Hall–Kier alpha value is -0.520. The molecule has 0 saturated carbocycles. The first-order chi connectivity index (χ1) is 21.7. The van der Waals surface area contributed by atoms with Crippen LogP contribution in [0.3, 0.4) is 0 Å². The molecule has 7 heteroatoms. The number of rotatable bonds is 33. The fraction of sp³-hybridized carbons (Fsp3) is 0.949. The molecule has 1 N–H and O–H groups in total. The highest BCUT2D eigenvalue weighted by Crippen LogP contribution is 2.15. The Kier molecular flexibility index (Phi) is 42.2. The average molecular weight is 698 g/mol. The minimum absolute atomic E-state index is 0. The quantitative estimate of drug-likeness (QED) is 0.0321. The number of quaternary nitrogens is 1. The van der Waals surface area contributed by atoms with Crippen LogP contribution < -0.4 is 0 Å². The fourth-order valence-corrected chi connectivity index (χ4v) is 5.96. The summed E-state index contributed by atoms with van der Waals surface area (Å²) in [6.45, 7) is 5.05. The lowest BCUT2D eigenvalue weighted by atomic mass is 10.0. The third-order valence-electron chi connectivity index (χ3n) is 8.42. The first-order valence-electron chi connectivity index (χ1n) is 19.4. The van der Waals surface area contributed by atoms with Gasteiger partial charge in [-0.25, -0.2) is 0 Å². The average Bonchev–Trinajstić information content (AvgIpc) is 2.97. The van der Waals surface area contributed by atoms with Crippen LogP contribution in [0.15, 0.2) is 0 Å². The standard InChI is InChI=1S/C23H45NO4.C16H33Cl.ClH/c1-5-6-7-8-9-10-11-12-13-14-15-16-17-18-23(27)28-21(19-22(25)26)20-24(2,3)4;1-2-3-4-5-6-7-8-9-10-11-12-13-14-15-16-17;/h21H,5-20H2,1-4H3;2-16H2,1H3;1H/p+1. The molecule has 0 spiro atoms. The van der Waals surface area contributed by atoms with Crippen LogP contribution in [0.5, 0.6) is 0 Å². The van der Waals surface area contributed by atoms with Crippen molar-refractivity contribution in [2.24, 2.45) is 0 Å². The highest BCUT2D eigenvalue weighted by molar-refractivity contribution is 6.17. The monoisotopic (exact) mass is 697 g/mol. The summed E-state index contributed by atoms with van der Waals surface area (Å²) in [5.74, 6) is -0.340. The number of nitrogens with zero attached hydrogens (tertiary/aromatic N) is 1. The van der Waals surface area contributed by atoms with E-state index < -0.39 is 12.1 Å². The second-order valence-corrected chi connectivity index (χ2v) is 14.8. The van der Waals surface area contributed by atoms with Crippen molar-refractivity contribution in [3.63, 3.8) is 0 Å². The second-order valence-electron chi connectivity index (χ2n) is 14.5. The number of hydrogen-bond donors (Lipinski definition) is 1. The van der Waals surface area contributed by atoms with Crippen LogP contribution in [0.4, 0.5) is 0 Å². The molecular formula is C39H80Cl2NO4+. The van der Waals surface area contributed by atoms with Gasteiger partial charge in [-0.1, -0.05) is 174 Å². The van der Waals surface area contributed by atoms with Crippen molar-refractivity contribution in [2.75, 3.05) is 33.6 Å². The van der Waals surface area contributed by atoms with Gasteiger partial charge in [-0.2, -0.15) is 0 Å². The van der Waals surface area contributed by atoms with Crippen molar-refractivity contribution >= 4 is 35.9 Å². The Balaban J connectivity index is -0.000000882. The van der Waals surface area contributed by atoms with Gasteiger partial charge in [-0.15, -0.1) is 24.0 Å². The second kappa shape index (κ2) is 38.9. The molecule has 0 amide bonds. The van der Waals surface area contributed by atoms with Gasteiger partial charge in [-0.3, -0.25) is 9.59 Å². The van der Waals surface area contributed by atoms with E-state index in [-0.39, 0.29) is 24.8 Å². The summed E-state index contributed by atoms with van der Waals surface area (Å²) in [5.41, 5.74) is 0. The number of halogens is 2. The third-order valence-corrected chi connectivity index (χ3v) is 8.69. The molecule has 278 valence electrons. The van der Waals surface area contributed by atoms with Crippen LogP contribution in [0.25, 0.3) is 0 Å². The number of carboxylic acids is 1. The summed E-state index contributed by atoms with van der Waals surface area (Å²) in [6, 6.07) is 0. The first-order valence-corrected chi connectivity index (χ1v) is 20.0. The Morgan fingerprint density at radius 3 is 1.15 bits per heavy atom. The molecule has 5 nitrogen and oxygen atoms in total. The minimum atomic E-state index is -0.924. The molecule has 0 rings (SSSR count). The molecular weight excluding hydrogens is 617 g/mol. The Labute approximate surface area is 298 Å². The number of hydrogen-bond acceptors (Lipinski definition) is 3. The topological polar surface area (TPSA) is 63.6 Å². The maximum Gasteiger partial charge on any atom is 0.307 e. The molecule has 0 aliphatic carbocycles. The first kappa shape index (κ1) is 49.9. The van der Waals surface area contributed by atoms with Crippen LogP contribution in [0.1, 0.15) is 200 Å². The summed E-state index contributed by atoms with van der Waals surface area (Å²) in [7, 11) is 5.90. The smallest absolute Gasteiger partial charge is 0.307 e. The van der Waals surface area contributed by atoms with Crippen LogP contribution in [0.2, 0.25) is 0 Å². The van der Waals surface area contributed by atoms with E-state index in [9.17, 15) is 9.59 Å². The SMILES string of the molecule is CCCCCCCCCCCCCCCC(=O)OC(CC(=O)O)C[N+](C)(C)C.CCCCCCCCCCCCCCCCCl.Cl. The van der Waals surface area contributed by atoms with E-state index in [1.807, 2.05) is 21.1 Å². The van der Waals surface area contributed by atoms with E-state index in [2.05, 4.69) is 13.8 Å². The molecule has 0 heterocycles. The van der Waals surface area contributed by atoms with Gasteiger partial charge in [0.1, 0.15) is 6.54 Å². The molecule has 1 atom stereocenters. The van der Waals surface area contributed by atoms with Crippen molar-refractivity contribution in [1.82, 2.24) is 0 Å². The normalized spacial score (nSPS) is 11.8. The number of unbranched alkanes of at least 4 members (excludes halogenated alkanes) is 25. The van der Waals surface area contributed by atoms with Crippen LogP contribution in [-0.2, 0) is 14.3 Å². The summed E-state index contributed by atoms with van der Waals surface area (Å²) in [4.78, 5) is 23.0. The number of esters is 1. The molecule has 1 unspecified atom stereocenters. The lowest BCUT2D eigenvalue weighted by Crippen LogP contribution is -2.43. The molecule has 0 fully saturated rings. The van der Waals surface area contributed by atoms with E-state index in [0.717, 1.165) is 18.7 Å². The predicted octanol–water partition coefficient (Wildman–Crippen LogP) is 12.7. The van der Waals surface area contributed by atoms with Gasteiger partial charge in [-0.05, 0) is 12.8 Å². The lowest BCUT2D eigenvalue weighted by Gasteiger charge is -2.28. The Bertz CT molecular complexity index is 614. The van der Waals surface area contributed by atoms with Gasteiger partial charge in [0.2, 0.25) is 0 Å². The van der Waals surface area contributed by atoms with Gasteiger partial charge in [0.05, 0.1) is 27.6 Å². The molecule has 0 aromatic carbocycles. The van der Waals surface area contributed by atoms with Crippen LogP contribution in [0, 0.1) is 0 Å². The van der Waals surface area contributed by atoms with E-state index >= 15 is 0 Å². The van der Waals surface area contributed by atoms with Crippen molar-refractivity contribution in [3.05, 3.63) is 0 Å². The Morgan fingerprint density at radius 2 is 0.870 bits per heavy atom. The number of aliphatic carboxylic acids is 1. The van der Waals surface area contributed by atoms with E-state index in [0.29, 0.717) is 17.4 Å². The molecule has 0 aromatic rings. The maximum absolute atomic E-state index is 12.0. The highest BCUT2D eigenvalue weighted by atomic mass is 35.5. The number of carbonyl (C=O) groups is 2.